The van der Waals surface area contributed by atoms with E-state index in [0.29, 0.717) is 0 Å². The highest BCUT2D eigenvalue weighted by Gasteiger charge is 2.08. The summed E-state index contributed by atoms with van der Waals surface area (Å²) in [6.45, 7) is 0. The van der Waals surface area contributed by atoms with Crippen LogP contribution in [0.4, 0.5) is 0 Å². The molecule has 0 atom stereocenters. The molecule has 0 radical (unpaired) electrons. The van der Waals surface area contributed by atoms with E-state index in [-0.39, 0.29) is 0 Å². The Labute approximate surface area is 50.5 Å². The first-order valence-corrected chi connectivity index (χ1v) is 3.25. The normalized spacial score (nSPS) is 14.5. The highest BCUT2D eigenvalue weighted by atomic mass is 32.2. The Bertz CT molecular complexity index is 193. The number of hydrogen-bond donors (Lipinski definition) is 0. The lowest BCUT2D eigenvalue weighted by Gasteiger charge is -1.79. The van der Waals surface area contributed by atoms with Crippen molar-refractivity contribution in [1.29, 1.82) is 0 Å². The van der Waals surface area contributed by atoms with Gasteiger partial charge in [0.15, 0.2) is 5.82 Å². The third-order valence-electron chi connectivity index (χ3n) is 0.930. The Morgan fingerprint density at radius 2 is 2.62 bits per heavy atom. The van der Waals surface area contributed by atoms with Crippen molar-refractivity contribution in [2.45, 2.75) is 10.8 Å². The molecule has 1 aromatic heterocycles. The van der Waals surface area contributed by atoms with Gasteiger partial charge in [-0.2, -0.15) is 5.10 Å². The van der Waals surface area contributed by atoms with Gasteiger partial charge < -0.3 is 0 Å². The van der Waals surface area contributed by atoms with E-state index in [4.69, 9.17) is 0 Å². The van der Waals surface area contributed by atoms with Crippen molar-refractivity contribution in [3.8, 4) is 0 Å². The van der Waals surface area contributed by atoms with Crippen LogP contribution in [0.5, 0.6) is 0 Å². The first-order valence-electron chi connectivity index (χ1n) is 2.26. The Balaban J connectivity index is 2.66. The van der Waals surface area contributed by atoms with Crippen molar-refractivity contribution in [2.24, 2.45) is 0 Å². The number of fused-ring (bicyclic) bond motifs is 2. The van der Waals surface area contributed by atoms with Gasteiger partial charge in [-0.1, -0.05) is 11.8 Å². The van der Waals surface area contributed by atoms with Crippen LogP contribution in [0.25, 0.3) is 0 Å². The highest BCUT2D eigenvalue weighted by Crippen LogP contribution is 2.23. The zero-order valence-electron chi connectivity index (χ0n) is 4.03. The first-order chi connectivity index (χ1) is 3.95. The zero-order valence-corrected chi connectivity index (χ0v) is 4.85. The molecule has 2 rings (SSSR count). The van der Waals surface area contributed by atoms with Crippen LogP contribution in [-0.4, -0.2) is 15.2 Å². The lowest BCUT2D eigenvalue weighted by molar-refractivity contribution is 0.866. The number of aromatic nitrogens is 3. The fraction of sp³-hybridized carbons (Fsp3) is 0.250. The fourth-order valence-corrected chi connectivity index (χ4v) is 1.28. The summed E-state index contributed by atoms with van der Waals surface area (Å²) >= 11 is 1.68. The fourth-order valence-electron chi connectivity index (χ4n) is 0.593. The molecule has 0 fully saturated rings. The minimum atomic E-state index is 0.854. The van der Waals surface area contributed by atoms with Crippen LogP contribution in [0.3, 0.4) is 0 Å². The number of thioether (sulfide) groups is 1. The Hall–Kier alpha value is -0.640. The van der Waals surface area contributed by atoms with Crippen molar-refractivity contribution >= 4 is 11.8 Å². The molecule has 0 saturated carbocycles. The average molecular weight is 125 g/mol. The molecule has 1 aliphatic rings. The summed E-state index contributed by atoms with van der Waals surface area (Å²) in [5, 5.41) is 8.48. The van der Waals surface area contributed by atoms with Crippen molar-refractivity contribution in [3.63, 3.8) is 0 Å². The van der Waals surface area contributed by atoms with E-state index in [2.05, 4.69) is 15.2 Å². The van der Waals surface area contributed by atoms with Crippen LogP contribution in [0.15, 0.2) is 11.2 Å². The second-order valence-corrected chi connectivity index (χ2v) is 2.50. The van der Waals surface area contributed by atoms with E-state index in [1.807, 2.05) is 0 Å². The lowest BCUT2D eigenvalue weighted by atomic mass is 10.7. The molecule has 1 aromatic rings. The van der Waals surface area contributed by atoms with Gasteiger partial charge in [0.05, 0.1) is 11.9 Å². The molecular formula is C4H3N3S. The molecular weight excluding hydrogens is 122 g/mol. The molecule has 0 aliphatic carbocycles. The third-order valence-corrected chi connectivity index (χ3v) is 1.82. The third kappa shape index (κ3) is 0.494. The second-order valence-electron chi connectivity index (χ2n) is 1.50. The van der Waals surface area contributed by atoms with E-state index in [0.717, 1.165) is 16.6 Å². The van der Waals surface area contributed by atoms with Gasteiger partial charge in [-0.05, 0) is 0 Å². The summed E-state index contributed by atoms with van der Waals surface area (Å²) < 4.78 is 0. The summed E-state index contributed by atoms with van der Waals surface area (Å²) in [5.41, 5.74) is 0. The van der Waals surface area contributed by atoms with Gasteiger partial charge in [0.2, 0.25) is 0 Å². The average Bonchev–Trinajstić information content (AvgIpc) is 2.12. The monoisotopic (exact) mass is 125 g/mol. The SMILES string of the molecule is c1nnc2nc1SC2. The molecule has 40 valence electrons. The standard InChI is InChI=1S/C4H3N3S/c1-4-6-3(2-8-4)7-5-1/h1H,2H2. The van der Waals surface area contributed by atoms with Gasteiger partial charge in [-0.15, -0.1) is 5.10 Å². The largest absolute Gasteiger partial charge is 0.222 e. The minimum Gasteiger partial charge on any atom is -0.222 e. The summed E-state index contributed by atoms with van der Waals surface area (Å²) in [6, 6.07) is 0. The molecule has 2 heterocycles. The van der Waals surface area contributed by atoms with Crippen LogP contribution >= 0.6 is 11.8 Å². The summed E-state index contributed by atoms with van der Waals surface area (Å²) in [5.74, 6) is 1.75. The molecule has 0 aromatic carbocycles. The van der Waals surface area contributed by atoms with Crippen LogP contribution < -0.4 is 0 Å². The van der Waals surface area contributed by atoms with Crippen molar-refractivity contribution < 1.29 is 0 Å². The molecule has 0 unspecified atom stereocenters. The lowest BCUT2D eigenvalue weighted by Crippen LogP contribution is -1.86. The molecule has 8 heavy (non-hydrogen) atoms. The molecule has 0 N–H and O–H groups in total. The molecule has 1 aliphatic heterocycles. The zero-order chi connectivity index (χ0) is 5.40. The van der Waals surface area contributed by atoms with Gasteiger partial charge >= 0.3 is 0 Å². The summed E-state index contributed by atoms with van der Waals surface area (Å²) in [4.78, 5) is 4.07. The smallest absolute Gasteiger partial charge is 0.162 e. The predicted octanol–water partition coefficient (Wildman–Crippen LogP) is 0.477. The summed E-state index contributed by atoms with van der Waals surface area (Å²) in [6.07, 6.45) is 1.68. The molecule has 3 nitrogen and oxygen atoms in total. The first kappa shape index (κ1) is 4.26. The number of nitrogens with zero attached hydrogens (tertiary/aromatic N) is 3. The highest BCUT2D eigenvalue weighted by molar-refractivity contribution is 7.98. The molecule has 2 bridgehead atoms. The van der Waals surface area contributed by atoms with Crippen LogP contribution in [0.1, 0.15) is 5.82 Å². The van der Waals surface area contributed by atoms with Gasteiger partial charge in [0, 0.05) is 0 Å². The van der Waals surface area contributed by atoms with E-state index < -0.39 is 0 Å². The van der Waals surface area contributed by atoms with E-state index >= 15 is 0 Å². The number of hydrogen-bond acceptors (Lipinski definition) is 4. The maximum absolute atomic E-state index is 4.07. The van der Waals surface area contributed by atoms with E-state index in [1.165, 1.54) is 0 Å². The van der Waals surface area contributed by atoms with E-state index in [1.54, 1.807) is 18.0 Å². The van der Waals surface area contributed by atoms with Crippen LogP contribution in [0.2, 0.25) is 0 Å². The maximum Gasteiger partial charge on any atom is 0.162 e. The Kier molecular flexibility index (Phi) is 0.754. The minimum absolute atomic E-state index is 0.854. The molecule has 0 saturated heterocycles. The second kappa shape index (κ2) is 1.42. The predicted molar refractivity (Wildman–Crippen MR) is 29.4 cm³/mol. The molecule has 4 heteroatoms. The van der Waals surface area contributed by atoms with Crippen LogP contribution in [0, 0.1) is 0 Å². The van der Waals surface area contributed by atoms with Gasteiger partial charge in [0.25, 0.3) is 0 Å². The van der Waals surface area contributed by atoms with Crippen molar-refractivity contribution in [1.82, 2.24) is 15.2 Å². The quantitative estimate of drug-likeness (QED) is 0.505. The van der Waals surface area contributed by atoms with Gasteiger partial charge in [-0.25, -0.2) is 4.98 Å². The maximum atomic E-state index is 4.07. The molecule has 0 spiro atoms. The van der Waals surface area contributed by atoms with Crippen molar-refractivity contribution in [2.75, 3.05) is 0 Å². The van der Waals surface area contributed by atoms with Crippen molar-refractivity contribution in [3.05, 3.63) is 12.0 Å². The topological polar surface area (TPSA) is 38.7 Å². The van der Waals surface area contributed by atoms with Gasteiger partial charge in [-0.3, -0.25) is 0 Å². The number of rotatable bonds is 0. The Morgan fingerprint density at radius 3 is 3.38 bits per heavy atom. The Morgan fingerprint density at radius 1 is 1.62 bits per heavy atom. The van der Waals surface area contributed by atoms with Crippen LogP contribution in [-0.2, 0) is 5.75 Å². The van der Waals surface area contributed by atoms with E-state index in [9.17, 15) is 0 Å². The summed E-state index contributed by atoms with van der Waals surface area (Å²) in [7, 11) is 0. The molecule has 0 amide bonds. The van der Waals surface area contributed by atoms with Gasteiger partial charge in [0.1, 0.15) is 5.03 Å².